The van der Waals surface area contributed by atoms with Crippen molar-refractivity contribution in [3.05, 3.63) is 211 Å². The van der Waals surface area contributed by atoms with Gasteiger partial charge in [-0.2, -0.15) is 0 Å². The molecule has 38 heteroatoms. The number of ether oxygens (including phenoxy) is 1. The molecular weight excluding hydrogens is 1620 g/mol. The molecule has 2 fully saturated rings. The van der Waals surface area contributed by atoms with Gasteiger partial charge in [0, 0.05) is 37.2 Å². The van der Waals surface area contributed by atoms with Crippen molar-refractivity contribution in [2.24, 2.45) is 11.5 Å². The Morgan fingerprint density at radius 2 is 0.921 bits per heavy atom. The molecule has 0 aliphatic carbocycles. The van der Waals surface area contributed by atoms with E-state index in [1.165, 1.54) is 30.3 Å². The van der Waals surface area contributed by atoms with Crippen LogP contribution < -0.4 is 159 Å². The number of aromatic hydroxyl groups is 1. The van der Waals surface area contributed by atoms with E-state index in [0.717, 1.165) is 6.29 Å². The molecule has 2 saturated heterocycles. The number of pyridine rings is 5. The number of benzene rings is 2. The number of aromatic nitrogens is 5. The zero-order chi connectivity index (χ0) is 75.1. The molecule has 5 aromatic heterocycles. The summed E-state index contributed by atoms with van der Waals surface area (Å²) < 4.78 is 51.7. The van der Waals surface area contributed by atoms with Gasteiger partial charge in [-0.05, 0) is 168 Å². The molecule has 7 heterocycles. The second-order valence-corrected chi connectivity index (χ2v) is 24.9. The minimum Gasteiger partial charge on any atom is -1.00 e. The molecule has 101 heavy (non-hydrogen) atoms. The van der Waals surface area contributed by atoms with Gasteiger partial charge in [-0.3, -0.25) is 33.9 Å². The standard InChI is InChI=1S/C14H9BrN2O2.C12H24B2O4.C7H5BrO2.C7H7ClN2O.2C7H5ClN2.C6H4Cl2N2O.C2H3F2O.CH2O3.2K.Na.H/c1-9-13(16-2)5-6-14(17-9)19-11-3-4-12(15)10(7-11)8-18;1-9(2)10(3,4)16-13(15-9)14-17-11(5,6)12(7,8)18-14;8-7-2-1-6(10)3-5(7)4-9;1-4-5(7(9)11)2-3-6(8)10-4;2*1-5-6(9-2)3-4-7(8)10-5;7-4-2-1-3(6(9)11)5(8)10-4;3-2(4)1-5;2-1-4-3;;;;/h3-8H,1H3;1-8H3;1-4,10H;2-3H,1H3,(H2,9,11);2*3-4H,1H3;1-2H,(H2,9,11);2H,1H2;1,3H;;;;/q;;;;;;;-1;;3*+1;-1/p-1. The number of amides is 2. The minimum atomic E-state index is -2.67. The molecule has 24 nitrogen and oxygen atoms in total. The summed E-state index contributed by atoms with van der Waals surface area (Å²) in [4.78, 5) is 82.9. The molecule has 0 unspecified atom stereocenters. The van der Waals surface area contributed by atoms with Crippen LogP contribution >= 0.6 is 89.9 Å². The molecule has 2 amide bonds. The molecule has 2 aromatic carbocycles. The van der Waals surface area contributed by atoms with Crippen molar-refractivity contribution in [1.82, 2.24) is 24.9 Å². The number of nitrogens with two attached hydrogens (primary N) is 2. The number of aldehydes is 2. The van der Waals surface area contributed by atoms with Crippen LogP contribution in [0.25, 0.3) is 14.5 Å². The fraction of sp³-hybridized carbons (Fsp3) is 0.286. The van der Waals surface area contributed by atoms with Crippen LogP contribution in [0.15, 0.2) is 106 Å². The van der Waals surface area contributed by atoms with Crippen LogP contribution in [0.4, 0.5) is 25.8 Å². The maximum Gasteiger partial charge on any atom is 1.00 e. The predicted octanol–water partition coefficient (Wildman–Crippen LogP) is 5.51. The number of hydrogen-bond acceptors (Lipinski definition) is 19. The smallest absolute Gasteiger partial charge is 1.00 e. The van der Waals surface area contributed by atoms with Crippen LogP contribution in [0.2, 0.25) is 25.8 Å². The fourth-order valence-electron chi connectivity index (χ4n) is 6.79. The second kappa shape index (κ2) is 50.1. The van der Waals surface area contributed by atoms with E-state index in [-0.39, 0.29) is 184 Å². The van der Waals surface area contributed by atoms with Crippen molar-refractivity contribution in [3.63, 3.8) is 0 Å². The van der Waals surface area contributed by atoms with E-state index in [1.54, 1.807) is 94.4 Å². The van der Waals surface area contributed by atoms with Crippen LogP contribution in [0.3, 0.4) is 0 Å². The van der Waals surface area contributed by atoms with Gasteiger partial charge in [-0.15, -0.1) is 0 Å². The Morgan fingerprint density at radius 3 is 1.23 bits per heavy atom. The first-order valence-electron chi connectivity index (χ1n) is 27.7. The number of halogens is 9. The molecule has 0 saturated carbocycles. The van der Waals surface area contributed by atoms with Crippen LogP contribution in [-0.4, -0.2) is 110 Å². The van der Waals surface area contributed by atoms with Gasteiger partial charge < -0.3 is 56.6 Å². The molecule has 5 N–H and O–H groups in total. The molecule has 7 aromatic rings. The number of primary amides is 2. The molecule has 0 radical (unpaired) electrons. The summed E-state index contributed by atoms with van der Waals surface area (Å²) in [6, 6.07) is 25.4. The van der Waals surface area contributed by atoms with Crippen molar-refractivity contribution in [1.29, 1.82) is 0 Å². The van der Waals surface area contributed by atoms with E-state index in [1.807, 2.05) is 55.4 Å². The van der Waals surface area contributed by atoms with Gasteiger partial charge in [0.1, 0.15) is 37.3 Å². The van der Waals surface area contributed by atoms with E-state index in [9.17, 15) is 28.0 Å². The molecule has 0 bridgehead atoms. The summed E-state index contributed by atoms with van der Waals surface area (Å²) >= 11 is 34.1. The van der Waals surface area contributed by atoms with Crippen LogP contribution in [0, 0.1) is 47.4 Å². The zero-order valence-corrected chi connectivity index (χ0v) is 72.5. The van der Waals surface area contributed by atoms with Crippen LogP contribution in [-0.2, 0) is 28.3 Å². The molecular formula is C63H64B2Br2Cl5F2K2N10NaO14. The number of hydrogen-bond donors (Lipinski definition) is 3. The predicted molar refractivity (Wildman–Crippen MR) is 373 cm³/mol. The summed E-state index contributed by atoms with van der Waals surface area (Å²) in [5, 5.41) is 27.7. The van der Waals surface area contributed by atoms with Crippen molar-refractivity contribution in [2.45, 2.75) is 112 Å². The normalized spacial score (nSPS) is 13.0. The number of nitrogens with zero attached hydrogens (tertiary/aromatic N) is 8. The Kier molecular flexibility index (Phi) is 50.4. The Bertz CT molecular complexity index is 3850. The number of aryl methyl sites for hydroxylation is 4. The van der Waals surface area contributed by atoms with Crippen LogP contribution in [0.5, 0.6) is 17.4 Å². The molecule has 522 valence electrons. The number of rotatable bonds is 9. The number of carbonyl (C=O) groups excluding carboxylic acids is 5. The Hall–Kier alpha value is -3.56. The van der Waals surface area contributed by atoms with E-state index in [2.05, 4.69) is 76.2 Å². The fourth-order valence-corrected chi connectivity index (χ4v) is 8.48. The zero-order valence-electron chi connectivity index (χ0n) is 58.3. The average molecular weight is 1680 g/mol. The first kappa shape index (κ1) is 102. The number of phenols is 1. The Morgan fingerprint density at radius 1 is 0.594 bits per heavy atom. The van der Waals surface area contributed by atoms with Gasteiger partial charge in [0.05, 0.1) is 58.9 Å². The monoisotopic (exact) mass is 1680 g/mol. The molecule has 9 rings (SSSR count). The summed E-state index contributed by atoms with van der Waals surface area (Å²) in [5.41, 5.74) is 14.3. The number of phenolic OH excluding ortho intramolecular Hbond substituents is 1. The topological polar surface area (TPSA) is 337 Å². The van der Waals surface area contributed by atoms with E-state index < -0.39 is 38.9 Å². The Labute approximate surface area is 735 Å². The first-order chi connectivity index (χ1) is 45.6. The summed E-state index contributed by atoms with van der Waals surface area (Å²) in [6.45, 7) is 42.1. The molecule has 0 spiro atoms. The third kappa shape index (κ3) is 36.1. The van der Waals surface area contributed by atoms with E-state index >= 15 is 0 Å². The molecule has 0 atom stereocenters. The average Bonchev–Trinajstić information content (AvgIpc) is 1.60. The van der Waals surface area contributed by atoms with Gasteiger partial charge in [-0.25, -0.2) is 38.3 Å². The van der Waals surface area contributed by atoms with Gasteiger partial charge in [-0.1, -0.05) is 109 Å². The maximum absolute atomic E-state index is 10.8. The largest absolute Gasteiger partial charge is 1.00 e. The quantitative estimate of drug-likeness (QED) is 0.0400. The van der Waals surface area contributed by atoms with E-state index in [0.29, 0.717) is 98.8 Å². The Balaban J connectivity index is -0.000000542. The first-order valence-corrected chi connectivity index (χ1v) is 31.2. The van der Waals surface area contributed by atoms with Gasteiger partial charge in [0.2, 0.25) is 29.4 Å². The second-order valence-electron chi connectivity index (χ2n) is 21.3. The van der Waals surface area contributed by atoms with Crippen molar-refractivity contribution in [2.75, 3.05) is 6.61 Å². The number of carbonyl (C=O) groups is 5. The molecule has 2 aliphatic heterocycles. The third-order valence-corrected chi connectivity index (χ3v) is 15.8. The summed E-state index contributed by atoms with van der Waals surface area (Å²) in [5.74, 6) is -0.0760. The summed E-state index contributed by atoms with van der Waals surface area (Å²) in [7, 11) is -0.952. The summed E-state index contributed by atoms with van der Waals surface area (Å²) in [6.07, 6.45) is -1.24. The molecule has 2 aliphatic rings. The number of alkyl halides is 2. The van der Waals surface area contributed by atoms with Crippen molar-refractivity contribution < 1.29 is 210 Å². The van der Waals surface area contributed by atoms with Crippen LogP contribution in [0.1, 0.15) is 121 Å². The van der Waals surface area contributed by atoms with Gasteiger partial charge >= 0.3 is 146 Å². The van der Waals surface area contributed by atoms with Gasteiger partial charge in [0.15, 0.2) is 12.6 Å². The van der Waals surface area contributed by atoms with Crippen molar-refractivity contribution in [3.8, 4) is 17.4 Å². The SMILES string of the molecule is CC1(C)OB(B2OC(C)(C)C(C)(C)O2)OC1(C)C.Cc1nc(Cl)ccc1C(N)=O.NC(=O)c1ccc(Cl)nc1Cl.O=CO[O-].O=Cc1cc(O)ccc1Br.[C-]#[N+]c1ccc(Cl)nc1C.[C-]#[N+]c1ccc(Cl)nc1C.[C-]#[N+]c1ccc(Oc2ccc(Br)c(C=O)c2)nc1C.[H-].[K+].[K+].[Na+].[O-]CC(F)F. The van der Waals surface area contributed by atoms with E-state index in [4.69, 9.17) is 133 Å². The maximum atomic E-state index is 10.8. The van der Waals surface area contributed by atoms with Gasteiger partial charge in [0.25, 0.3) is 18.3 Å². The minimum absolute atomic E-state index is 0. The van der Waals surface area contributed by atoms with Crippen molar-refractivity contribution >= 4 is 152 Å². The third-order valence-electron chi connectivity index (χ3n) is 13.2.